The number of aryl methyl sites for hydroxylation is 1. The van der Waals surface area contributed by atoms with Crippen LogP contribution >= 0.6 is 11.6 Å². The predicted octanol–water partition coefficient (Wildman–Crippen LogP) is 7.36. The highest BCUT2D eigenvalue weighted by atomic mass is 35.5. The second-order valence-corrected chi connectivity index (χ2v) is 8.96. The minimum atomic E-state index is -0.0386. The number of carbonyl (C=O) groups is 1. The normalized spacial score (nSPS) is 14.8. The van der Waals surface area contributed by atoms with E-state index in [1.54, 1.807) is 0 Å². The van der Waals surface area contributed by atoms with Crippen LogP contribution in [0, 0.1) is 6.92 Å². The Morgan fingerprint density at radius 3 is 2.35 bits per heavy atom. The number of fused-ring (bicyclic) bond motifs is 1. The molecule has 1 aliphatic heterocycles. The Hall–Kier alpha value is -3.82. The van der Waals surface area contributed by atoms with E-state index in [2.05, 4.69) is 23.1 Å². The smallest absolute Gasteiger partial charge is 0.264 e. The maximum Gasteiger partial charge on any atom is 0.264 e. The summed E-state index contributed by atoms with van der Waals surface area (Å²) < 4.78 is 0. The summed E-state index contributed by atoms with van der Waals surface area (Å²) >= 11 is 6.28. The van der Waals surface area contributed by atoms with Crippen LogP contribution in [0.25, 0.3) is 6.08 Å². The van der Waals surface area contributed by atoms with Gasteiger partial charge in [0.1, 0.15) is 0 Å². The molecule has 0 spiro atoms. The largest absolute Gasteiger partial charge is 0.361 e. The monoisotopic (exact) mass is 464 g/mol. The van der Waals surface area contributed by atoms with Gasteiger partial charge in [0.2, 0.25) is 0 Å². The topological polar surface area (TPSA) is 23.6 Å². The maximum absolute atomic E-state index is 14.0. The minimum Gasteiger partial charge on any atom is -0.361 e. The number of para-hydroxylation sites is 1. The van der Waals surface area contributed by atoms with E-state index in [0.717, 1.165) is 28.2 Å². The lowest BCUT2D eigenvalue weighted by Gasteiger charge is -2.27. The van der Waals surface area contributed by atoms with Gasteiger partial charge >= 0.3 is 0 Å². The standard InChI is InChI=1S/C30H25ClN2O/c1-22-14-16-26(17-15-22)33-27(19-24-10-7-11-25(31)18-24)21-32(20-23-8-3-2-4-9-23)29-13-6-5-12-28(29)30(33)34/h2-19H,20-21H2,1H3/b27-19-. The molecule has 5 rings (SSSR count). The molecular weight excluding hydrogens is 440 g/mol. The van der Waals surface area contributed by atoms with Gasteiger partial charge in [0.15, 0.2) is 0 Å². The molecule has 0 saturated carbocycles. The van der Waals surface area contributed by atoms with E-state index in [1.165, 1.54) is 5.56 Å². The molecule has 0 bridgehead atoms. The van der Waals surface area contributed by atoms with Gasteiger partial charge in [-0.2, -0.15) is 0 Å². The van der Waals surface area contributed by atoms with Gasteiger partial charge < -0.3 is 4.90 Å². The molecule has 4 aromatic rings. The van der Waals surface area contributed by atoms with Crippen molar-refractivity contribution in [3.05, 3.63) is 136 Å². The van der Waals surface area contributed by atoms with Gasteiger partial charge in [0.05, 0.1) is 17.8 Å². The summed E-state index contributed by atoms with van der Waals surface area (Å²) in [5, 5.41) is 0.667. The first-order chi connectivity index (χ1) is 16.6. The third-order valence-electron chi connectivity index (χ3n) is 6.01. The van der Waals surface area contributed by atoms with Crippen molar-refractivity contribution in [2.75, 3.05) is 16.3 Å². The van der Waals surface area contributed by atoms with Crippen molar-refractivity contribution in [3.8, 4) is 0 Å². The van der Waals surface area contributed by atoms with Crippen LogP contribution < -0.4 is 9.80 Å². The molecule has 1 aliphatic rings. The van der Waals surface area contributed by atoms with E-state index < -0.39 is 0 Å². The van der Waals surface area contributed by atoms with Crippen LogP contribution in [-0.2, 0) is 6.54 Å². The van der Waals surface area contributed by atoms with Crippen molar-refractivity contribution in [3.63, 3.8) is 0 Å². The van der Waals surface area contributed by atoms with Crippen LogP contribution in [0.2, 0.25) is 5.02 Å². The van der Waals surface area contributed by atoms with Crippen LogP contribution in [-0.4, -0.2) is 12.5 Å². The fourth-order valence-corrected chi connectivity index (χ4v) is 4.55. The highest BCUT2D eigenvalue weighted by molar-refractivity contribution is 6.30. The van der Waals surface area contributed by atoms with Crippen molar-refractivity contribution in [2.24, 2.45) is 0 Å². The highest BCUT2D eigenvalue weighted by Crippen LogP contribution is 2.34. The summed E-state index contributed by atoms with van der Waals surface area (Å²) in [7, 11) is 0. The summed E-state index contributed by atoms with van der Waals surface area (Å²) in [6.45, 7) is 3.31. The molecule has 4 heteroatoms. The molecule has 1 heterocycles. The predicted molar refractivity (Wildman–Crippen MR) is 141 cm³/mol. The van der Waals surface area contributed by atoms with Crippen LogP contribution in [0.1, 0.15) is 27.0 Å². The quantitative estimate of drug-likeness (QED) is 0.315. The summed E-state index contributed by atoms with van der Waals surface area (Å²) in [5.74, 6) is -0.0386. The molecule has 0 aliphatic carbocycles. The summed E-state index contributed by atoms with van der Waals surface area (Å²) in [4.78, 5) is 18.1. The Morgan fingerprint density at radius 1 is 0.853 bits per heavy atom. The first-order valence-corrected chi connectivity index (χ1v) is 11.7. The number of carbonyl (C=O) groups excluding carboxylic acids is 1. The number of hydrogen-bond donors (Lipinski definition) is 0. The summed E-state index contributed by atoms with van der Waals surface area (Å²) in [5.41, 5.74) is 6.66. The summed E-state index contributed by atoms with van der Waals surface area (Å²) in [6.07, 6.45) is 2.06. The number of nitrogens with zero attached hydrogens (tertiary/aromatic N) is 2. The van der Waals surface area contributed by atoms with Crippen LogP contribution in [0.5, 0.6) is 0 Å². The van der Waals surface area contributed by atoms with Crippen LogP contribution in [0.4, 0.5) is 11.4 Å². The van der Waals surface area contributed by atoms with Gasteiger partial charge in [-0.1, -0.05) is 83.9 Å². The van der Waals surface area contributed by atoms with Gasteiger partial charge in [0, 0.05) is 23.0 Å². The van der Waals surface area contributed by atoms with E-state index in [4.69, 9.17) is 11.6 Å². The molecular formula is C30H25ClN2O. The van der Waals surface area contributed by atoms with Crippen LogP contribution in [0.3, 0.4) is 0 Å². The second kappa shape index (κ2) is 9.58. The number of amides is 1. The molecule has 3 nitrogen and oxygen atoms in total. The third-order valence-corrected chi connectivity index (χ3v) is 6.24. The average Bonchev–Trinajstić information content (AvgIpc) is 2.95. The van der Waals surface area contributed by atoms with E-state index in [-0.39, 0.29) is 5.91 Å². The van der Waals surface area contributed by atoms with Crippen molar-refractivity contribution >= 4 is 35.0 Å². The van der Waals surface area contributed by atoms with Crippen molar-refractivity contribution in [1.29, 1.82) is 0 Å². The highest BCUT2D eigenvalue weighted by Gasteiger charge is 2.30. The van der Waals surface area contributed by atoms with E-state index in [9.17, 15) is 4.79 Å². The van der Waals surface area contributed by atoms with E-state index >= 15 is 0 Å². The van der Waals surface area contributed by atoms with Crippen LogP contribution in [0.15, 0.2) is 109 Å². The maximum atomic E-state index is 14.0. The Labute approximate surface area is 205 Å². The molecule has 4 aromatic carbocycles. The molecule has 0 unspecified atom stereocenters. The first kappa shape index (κ1) is 22.0. The molecule has 0 saturated heterocycles. The lowest BCUT2D eigenvalue weighted by molar-refractivity contribution is 0.0997. The molecule has 0 radical (unpaired) electrons. The van der Waals surface area contributed by atoms with Gasteiger partial charge in [0.25, 0.3) is 5.91 Å². The van der Waals surface area contributed by atoms with Crippen molar-refractivity contribution in [2.45, 2.75) is 13.5 Å². The number of benzene rings is 4. The average molecular weight is 465 g/mol. The minimum absolute atomic E-state index is 0.0386. The number of halogens is 1. The third kappa shape index (κ3) is 4.61. The fraction of sp³-hybridized carbons (Fsp3) is 0.100. The molecule has 0 N–H and O–H groups in total. The van der Waals surface area contributed by atoms with Gasteiger partial charge in [-0.15, -0.1) is 0 Å². The Kier molecular flexibility index (Phi) is 6.20. The zero-order valence-corrected chi connectivity index (χ0v) is 19.7. The number of anilines is 2. The van der Waals surface area contributed by atoms with Gasteiger partial charge in [-0.3, -0.25) is 9.69 Å². The SMILES string of the molecule is Cc1ccc(N2C(=O)c3ccccc3N(Cc3ccccc3)C/C2=C/c2cccc(Cl)c2)cc1. The zero-order chi connectivity index (χ0) is 23.5. The Balaban J connectivity index is 1.67. The molecule has 168 valence electrons. The second-order valence-electron chi connectivity index (χ2n) is 8.53. The van der Waals surface area contributed by atoms with E-state index in [1.807, 2.05) is 103 Å². The first-order valence-electron chi connectivity index (χ1n) is 11.3. The lowest BCUT2D eigenvalue weighted by atomic mass is 10.1. The molecule has 1 amide bonds. The summed E-state index contributed by atoms with van der Waals surface area (Å²) in [6, 6.07) is 34.0. The molecule has 0 fully saturated rings. The molecule has 34 heavy (non-hydrogen) atoms. The Morgan fingerprint density at radius 2 is 1.59 bits per heavy atom. The van der Waals surface area contributed by atoms with Gasteiger partial charge in [-0.25, -0.2) is 0 Å². The number of hydrogen-bond acceptors (Lipinski definition) is 2. The number of rotatable bonds is 4. The van der Waals surface area contributed by atoms with Crippen molar-refractivity contribution in [1.82, 2.24) is 0 Å². The lowest BCUT2D eigenvalue weighted by Crippen LogP contribution is -2.32. The zero-order valence-electron chi connectivity index (χ0n) is 19.0. The molecule has 0 aromatic heterocycles. The molecule has 0 atom stereocenters. The fourth-order valence-electron chi connectivity index (χ4n) is 4.35. The Bertz CT molecular complexity index is 1350. The van der Waals surface area contributed by atoms with E-state index in [0.29, 0.717) is 23.7 Å². The van der Waals surface area contributed by atoms with Crippen molar-refractivity contribution < 1.29 is 4.79 Å². The van der Waals surface area contributed by atoms with Gasteiger partial charge in [-0.05, 0) is 60.5 Å².